The molecule has 1 aliphatic rings. The van der Waals surface area contributed by atoms with Crippen molar-refractivity contribution in [2.75, 3.05) is 5.32 Å². The van der Waals surface area contributed by atoms with Crippen LogP contribution in [0.3, 0.4) is 0 Å². The molecule has 1 atom stereocenters. The molecule has 2 N–H and O–H groups in total. The van der Waals surface area contributed by atoms with Crippen molar-refractivity contribution in [2.45, 2.75) is 12.4 Å². The van der Waals surface area contributed by atoms with Crippen molar-refractivity contribution in [3.63, 3.8) is 0 Å². The van der Waals surface area contributed by atoms with Gasteiger partial charge in [0.05, 0.1) is 15.0 Å². The number of nitrogens with one attached hydrogen (secondary N) is 2. The maximum Gasteiger partial charge on any atom is 0.260 e. The standard InChI is InChI=1S/C21H15Cl3N2O2S/c1-11-8-13(22)3-6-17(11)25-21-26-20(27)19(29-21)10-14-4-7-18(28-14)12-2-5-15(23)16(24)9-12/h2-10,21,25H,1H3,(H,26,27)/b19-10-. The topological polar surface area (TPSA) is 54.3 Å². The molecule has 1 fully saturated rings. The molecule has 29 heavy (non-hydrogen) atoms. The van der Waals surface area contributed by atoms with E-state index in [9.17, 15) is 4.79 Å². The van der Waals surface area contributed by atoms with Crippen molar-refractivity contribution in [3.05, 3.63) is 79.8 Å². The van der Waals surface area contributed by atoms with Crippen molar-refractivity contribution in [1.82, 2.24) is 5.32 Å². The molecule has 8 heteroatoms. The Morgan fingerprint density at radius 1 is 1.07 bits per heavy atom. The molecule has 2 aromatic carbocycles. The van der Waals surface area contributed by atoms with Crippen LogP contribution in [0.1, 0.15) is 11.3 Å². The highest BCUT2D eigenvalue weighted by molar-refractivity contribution is 8.05. The smallest absolute Gasteiger partial charge is 0.260 e. The number of rotatable bonds is 4. The van der Waals surface area contributed by atoms with E-state index in [2.05, 4.69) is 10.6 Å². The number of hydrogen-bond acceptors (Lipinski definition) is 4. The van der Waals surface area contributed by atoms with E-state index in [1.54, 1.807) is 18.2 Å². The van der Waals surface area contributed by atoms with Crippen LogP contribution in [0.2, 0.25) is 15.1 Å². The summed E-state index contributed by atoms with van der Waals surface area (Å²) in [6, 6.07) is 14.5. The molecule has 0 spiro atoms. The SMILES string of the molecule is Cc1cc(Cl)ccc1NC1NC(=O)/C(=C/c2ccc(-c3ccc(Cl)c(Cl)c3)o2)S1. The number of hydrogen-bond donors (Lipinski definition) is 2. The molecule has 0 bridgehead atoms. The van der Waals surface area contributed by atoms with Crippen molar-refractivity contribution >= 4 is 64.2 Å². The van der Waals surface area contributed by atoms with Crippen LogP contribution < -0.4 is 10.6 Å². The van der Waals surface area contributed by atoms with Gasteiger partial charge in [-0.1, -0.05) is 46.6 Å². The molecular formula is C21H15Cl3N2O2S. The van der Waals surface area contributed by atoms with Gasteiger partial charge in [0.2, 0.25) is 0 Å². The number of aryl methyl sites for hydroxylation is 1. The van der Waals surface area contributed by atoms with Gasteiger partial charge in [-0.2, -0.15) is 0 Å². The summed E-state index contributed by atoms with van der Waals surface area (Å²) in [6.07, 6.45) is 1.72. The minimum atomic E-state index is -0.280. The summed E-state index contributed by atoms with van der Waals surface area (Å²) in [4.78, 5) is 12.9. The predicted octanol–water partition coefficient (Wildman–Crippen LogP) is 6.81. The fourth-order valence-corrected chi connectivity index (χ4v) is 4.34. The molecule has 1 saturated heterocycles. The molecular weight excluding hydrogens is 451 g/mol. The van der Waals surface area contributed by atoms with Gasteiger partial charge in [-0.25, -0.2) is 0 Å². The zero-order chi connectivity index (χ0) is 20.5. The van der Waals surface area contributed by atoms with E-state index in [0.717, 1.165) is 16.8 Å². The van der Waals surface area contributed by atoms with Crippen LogP contribution in [0, 0.1) is 6.92 Å². The van der Waals surface area contributed by atoms with Gasteiger partial charge in [0.15, 0.2) is 5.50 Å². The van der Waals surface area contributed by atoms with Gasteiger partial charge in [0, 0.05) is 22.3 Å². The highest BCUT2D eigenvalue weighted by Gasteiger charge is 2.27. The van der Waals surface area contributed by atoms with Crippen LogP contribution >= 0.6 is 46.6 Å². The molecule has 0 aliphatic carbocycles. The second-order valence-electron chi connectivity index (χ2n) is 6.41. The second-order valence-corrected chi connectivity index (χ2v) is 8.81. The highest BCUT2D eigenvalue weighted by Crippen LogP contribution is 2.33. The lowest BCUT2D eigenvalue weighted by molar-refractivity contribution is -0.116. The van der Waals surface area contributed by atoms with E-state index in [1.807, 2.05) is 43.3 Å². The van der Waals surface area contributed by atoms with Crippen molar-refractivity contribution < 1.29 is 9.21 Å². The largest absolute Gasteiger partial charge is 0.457 e. The monoisotopic (exact) mass is 464 g/mol. The Bertz CT molecular complexity index is 1130. The number of furan rings is 1. The summed E-state index contributed by atoms with van der Waals surface area (Å²) in [7, 11) is 0. The fourth-order valence-electron chi connectivity index (χ4n) is 2.86. The predicted molar refractivity (Wildman–Crippen MR) is 121 cm³/mol. The lowest BCUT2D eigenvalue weighted by Crippen LogP contribution is -2.31. The summed E-state index contributed by atoms with van der Waals surface area (Å²) in [5.41, 5.74) is 2.44. The van der Waals surface area contributed by atoms with Crippen LogP contribution in [-0.4, -0.2) is 11.4 Å². The van der Waals surface area contributed by atoms with E-state index in [0.29, 0.717) is 31.5 Å². The number of thioether (sulfide) groups is 1. The molecule has 148 valence electrons. The maximum absolute atomic E-state index is 12.3. The minimum Gasteiger partial charge on any atom is -0.457 e. The van der Waals surface area contributed by atoms with Gasteiger partial charge in [-0.3, -0.25) is 4.79 Å². The first kappa shape index (κ1) is 20.2. The quantitative estimate of drug-likeness (QED) is 0.415. The van der Waals surface area contributed by atoms with Gasteiger partial charge in [0.1, 0.15) is 11.5 Å². The first-order valence-electron chi connectivity index (χ1n) is 8.66. The first-order valence-corrected chi connectivity index (χ1v) is 10.7. The average Bonchev–Trinajstić information content (AvgIpc) is 3.27. The Hall–Kier alpha value is -2.05. The molecule has 1 aromatic heterocycles. The molecule has 1 unspecified atom stereocenters. The fraction of sp³-hybridized carbons (Fsp3) is 0.0952. The van der Waals surface area contributed by atoms with Crippen LogP contribution in [-0.2, 0) is 4.79 Å². The average molecular weight is 466 g/mol. The van der Waals surface area contributed by atoms with Crippen molar-refractivity contribution in [2.24, 2.45) is 0 Å². The van der Waals surface area contributed by atoms with Crippen LogP contribution in [0.25, 0.3) is 17.4 Å². The van der Waals surface area contributed by atoms with Crippen molar-refractivity contribution in [3.8, 4) is 11.3 Å². The molecule has 0 radical (unpaired) electrons. The lowest BCUT2D eigenvalue weighted by Gasteiger charge is -2.14. The van der Waals surface area contributed by atoms with E-state index in [4.69, 9.17) is 39.2 Å². The van der Waals surface area contributed by atoms with Gasteiger partial charge in [-0.15, -0.1) is 0 Å². The minimum absolute atomic E-state index is 0.161. The molecule has 4 nitrogen and oxygen atoms in total. The number of halogens is 3. The first-order chi connectivity index (χ1) is 13.9. The van der Waals surface area contributed by atoms with Gasteiger partial charge in [-0.05, 0) is 61.0 Å². The number of carbonyl (C=O) groups excluding carboxylic acids is 1. The van der Waals surface area contributed by atoms with Gasteiger partial charge < -0.3 is 15.1 Å². The Labute approximate surface area is 187 Å². The molecule has 1 aliphatic heterocycles. The molecule has 4 rings (SSSR count). The van der Waals surface area contributed by atoms with Gasteiger partial charge in [0.25, 0.3) is 5.91 Å². The Balaban J connectivity index is 1.49. The number of anilines is 1. The molecule has 0 saturated carbocycles. The summed E-state index contributed by atoms with van der Waals surface area (Å²) in [6.45, 7) is 1.96. The maximum atomic E-state index is 12.3. The third-order valence-corrected chi connectivity index (χ3v) is 6.31. The Kier molecular flexibility index (Phi) is 5.83. The summed E-state index contributed by atoms with van der Waals surface area (Å²) in [5.74, 6) is 1.06. The third-order valence-electron chi connectivity index (χ3n) is 4.31. The summed E-state index contributed by atoms with van der Waals surface area (Å²) in [5, 5.41) is 7.82. The zero-order valence-corrected chi connectivity index (χ0v) is 18.2. The lowest BCUT2D eigenvalue weighted by atomic mass is 10.2. The van der Waals surface area contributed by atoms with Crippen LogP contribution in [0.4, 0.5) is 5.69 Å². The van der Waals surface area contributed by atoms with E-state index < -0.39 is 0 Å². The molecule has 1 amide bonds. The molecule has 3 aromatic rings. The zero-order valence-electron chi connectivity index (χ0n) is 15.1. The van der Waals surface area contributed by atoms with Crippen LogP contribution in [0.15, 0.2) is 57.9 Å². The third kappa shape index (κ3) is 4.59. The van der Waals surface area contributed by atoms with Gasteiger partial charge >= 0.3 is 0 Å². The van der Waals surface area contributed by atoms with Crippen LogP contribution in [0.5, 0.6) is 0 Å². The summed E-state index contributed by atoms with van der Waals surface area (Å²) < 4.78 is 5.85. The summed E-state index contributed by atoms with van der Waals surface area (Å²) >= 11 is 19.4. The number of amides is 1. The second kappa shape index (κ2) is 8.36. The van der Waals surface area contributed by atoms with E-state index >= 15 is 0 Å². The Morgan fingerprint density at radius 3 is 2.66 bits per heavy atom. The molecule has 2 heterocycles. The Morgan fingerprint density at radius 2 is 1.90 bits per heavy atom. The normalized spacial score (nSPS) is 17.6. The highest BCUT2D eigenvalue weighted by atomic mass is 35.5. The number of carbonyl (C=O) groups is 1. The van der Waals surface area contributed by atoms with Crippen molar-refractivity contribution in [1.29, 1.82) is 0 Å². The number of benzene rings is 2. The van der Waals surface area contributed by atoms with E-state index in [1.165, 1.54) is 11.8 Å². The van der Waals surface area contributed by atoms with E-state index in [-0.39, 0.29) is 11.4 Å².